The van der Waals surface area contributed by atoms with Crippen molar-refractivity contribution in [2.45, 2.75) is 45.7 Å². The van der Waals surface area contributed by atoms with Crippen LogP contribution in [0.5, 0.6) is 0 Å². The number of aromatic nitrogens is 1. The van der Waals surface area contributed by atoms with E-state index in [0.29, 0.717) is 11.5 Å². The zero-order valence-electron chi connectivity index (χ0n) is 14.8. The van der Waals surface area contributed by atoms with Crippen LogP contribution in [0.4, 0.5) is 4.79 Å². The smallest absolute Gasteiger partial charge is 0.315 e. The zero-order valence-corrected chi connectivity index (χ0v) is 14.8. The molecule has 1 atom stereocenters. The number of rotatable bonds is 5. The van der Waals surface area contributed by atoms with Crippen molar-refractivity contribution in [3.63, 3.8) is 0 Å². The number of amides is 2. The first-order valence-corrected chi connectivity index (χ1v) is 8.83. The van der Waals surface area contributed by atoms with Gasteiger partial charge in [-0.2, -0.15) is 0 Å². The van der Waals surface area contributed by atoms with Gasteiger partial charge < -0.3 is 15.6 Å². The van der Waals surface area contributed by atoms with E-state index in [1.807, 2.05) is 38.1 Å². The molecule has 0 spiro atoms. The van der Waals surface area contributed by atoms with E-state index in [0.717, 1.165) is 29.7 Å². The second-order valence-electron chi connectivity index (χ2n) is 6.85. The number of aryl methyl sites for hydroxylation is 2. The normalized spacial score (nSPS) is 15.3. The molecule has 3 rings (SSSR count). The van der Waals surface area contributed by atoms with Crippen molar-refractivity contribution in [3.05, 3.63) is 69.1 Å². The van der Waals surface area contributed by atoms with Crippen LogP contribution in [0.15, 0.2) is 41.2 Å². The van der Waals surface area contributed by atoms with Gasteiger partial charge >= 0.3 is 6.03 Å². The fraction of sp³-hybridized carbons (Fsp3) is 0.400. The lowest BCUT2D eigenvalue weighted by molar-refractivity contribution is 0.207. The highest BCUT2D eigenvalue weighted by Crippen LogP contribution is 2.37. The number of aromatic amines is 1. The van der Waals surface area contributed by atoms with Gasteiger partial charge in [-0.25, -0.2) is 4.79 Å². The van der Waals surface area contributed by atoms with Crippen molar-refractivity contribution in [2.75, 3.05) is 0 Å². The molecule has 1 fully saturated rings. The summed E-state index contributed by atoms with van der Waals surface area (Å²) in [5, 5.41) is 5.93. The quantitative estimate of drug-likeness (QED) is 0.782. The molecular weight excluding hydrogens is 314 g/mol. The van der Waals surface area contributed by atoms with Gasteiger partial charge in [-0.15, -0.1) is 0 Å². The van der Waals surface area contributed by atoms with E-state index in [1.54, 1.807) is 0 Å². The van der Waals surface area contributed by atoms with Crippen molar-refractivity contribution >= 4 is 6.03 Å². The summed E-state index contributed by atoms with van der Waals surface area (Å²) in [4.78, 5) is 27.2. The van der Waals surface area contributed by atoms with Crippen LogP contribution in [0.1, 0.15) is 47.7 Å². The van der Waals surface area contributed by atoms with Gasteiger partial charge in [-0.3, -0.25) is 4.79 Å². The lowest BCUT2D eigenvalue weighted by atomic mass is 9.77. The molecular formula is C20H25N3O2. The average molecular weight is 339 g/mol. The van der Waals surface area contributed by atoms with Crippen LogP contribution in [0.25, 0.3) is 0 Å². The number of carbonyl (C=O) groups excluding carboxylic acids is 1. The Kier molecular flexibility index (Phi) is 5.22. The third-order valence-corrected chi connectivity index (χ3v) is 4.99. The molecule has 1 aromatic carbocycles. The zero-order chi connectivity index (χ0) is 17.8. The van der Waals surface area contributed by atoms with E-state index in [-0.39, 0.29) is 24.2 Å². The number of nitrogens with one attached hydrogen (secondary N) is 3. The Morgan fingerprint density at radius 3 is 2.56 bits per heavy atom. The standard InChI is InChI=1S/C20H25N3O2/c1-13-11-14(2)22-19(24)17(13)12-21-20(25)23-18(16-9-6-10-16)15-7-4-3-5-8-15/h3-5,7-8,11,16,18H,6,9-10,12H2,1-2H3,(H,22,24)(H2,21,23,25)/t18-/m0/s1. The number of benzene rings is 1. The molecule has 2 amide bonds. The lowest BCUT2D eigenvalue weighted by Crippen LogP contribution is -2.42. The lowest BCUT2D eigenvalue weighted by Gasteiger charge is -2.34. The van der Waals surface area contributed by atoms with Crippen LogP contribution >= 0.6 is 0 Å². The maximum Gasteiger partial charge on any atom is 0.315 e. The second kappa shape index (κ2) is 7.55. The summed E-state index contributed by atoms with van der Waals surface area (Å²) in [5.74, 6) is 0.484. The van der Waals surface area contributed by atoms with Crippen LogP contribution < -0.4 is 16.2 Å². The van der Waals surface area contributed by atoms with Gasteiger partial charge in [0, 0.05) is 11.3 Å². The van der Waals surface area contributed by atoms with Crippen molar-refractivity contribution < 1.29 is 4.79 Å². The number of carbonyl (C=O) groups is 1. The minimum Gasteiger partial charge on any atom is -0.334 e. The monoisotopic (exact) mass is 339 g/mol. The highest BCUT2D eigenvalue weighted by molar-refractivity contribution is 5.74. The number of urea groups is 1. The SMILES string of the molecule is Cc1cc(C)c(CNC(=O)N[C@@H](c2ccccc2)C2CCC2)c(=O)[nH]1. The third-order valence-electron chi connectivity index (χ3n) is 4.99. The summed E-state index contributed by atoms with van der Waals surface area (Å²) >= 11 is 0. The molecule has 0 saturated heterocycles. The van der Waals surface area contributed by atoms with Crippen molar-refractivity contribution in [1.29, 1.82) is 0 Å². The first kappa shape index (κ1) is 17.3. The Balaban J connectivity index is 1.66. The van der Waals surface area contributed by atoms with Gasteiger partial charge in [0.2, 0.25) is 0 Å². The minimum atomic E-state index is -0.236. The van der Waals surface area contributed by atoms with Gasteiger partial charge in [0.05, 0.1) is 12.6 Å². The predicted octanol–water partition coefficient (Wildman–Crippen LogP) is 3.33. The Bertz CT molecular complexity index is 794. The molecule has 0 aliphatic heterocycles. The van der Waals surface area contributed by atoms with E-state index in [4.69, 9.17) is 0 Å². The minimum absolute atomic E-state index is 0.0207. The molecule has 2 aromatic rings. The summed E-state index contributed by atoms with van der Waals surface area (Å²) < 4.78 is 0. The van der Waals surface area contributed by atoms with Gasteiger partial charge in [-0.05, 0) is 49.8 Å². The molecule has 25 heavy (non-hydrogen) atoms. The topological polar surface area (TPSA) is 74.0 Å². The molecule has 1 heterocycles. The number of hydrogen-bond acceptors (Lipinski definition) is 2. The Morgan fingerprint density at radius 2 is 1.96 bits per heavy atom. The molecule has 0 radical (unpaired) electrons. The van der Waals surface area contributed by atoms with Gasteiger partial charge in [-0.1, -0.05) is 36.8 Å². The van der Waals surface area contributed by atoms with Crippen molar-refractivity contribution in [3.8, 4) is 0 Å². The number of H-pyrrole nitrogens is 1. The fourth-order valence-corrected chi connectivity index (χ4v) is 3.37. The molecule has 1 aromatic heterocycles. The van der Waals surface area contributed by atoms with Gasteiger partial charge in [0.15, 0.2) is 0 Å². The first-order chi connectivity index (χ1) is 12.0. The molecule has 1 aliphatic carbocycles. The van der Waals surface area contributed by atoms with Gasteiger partial charge in [0.25, 0.3) is 5.56 Å². The van der Waals surface area contributed by atoms with Crippen molar-refractivity contribution in [2.24, 2.45) is 5.92 Å². The van der Waals surface area contributed by atoms with Gasteiger partial charge in [0.1, 0.15) is 0 Å². The maximum atomic E-state index is 12.4. The second-order valence-corrected chi connectivity index (χ2v) is 6.85. The Morgan fingerprint density at radius 1 is 1.24 bits per heavy atom. The molecule has 5 nitrogen and oxygen atoms in total. The largest absolute Gasteiger partial charge is 0.334 e. The van der Waals surface area contributed by atoms with E-state index in [9.17, 15) is 9.59 Å². The summed E-state index contributed by atoms with van der Waals surface area (Å²) in [6, 6.07) is 11.8. The highest BCUT2D eigenvalue weighted by atomic mass is 16.2. The van der Waals surface area contributed by atoms with Crippen LogP contribution in [-0.4, -0.2) is 11.0 Å². The summed E-state index contributed by atoms with van der Waals surface area (Å²) in [6.45, 7) is 3.96. The first-order valence-electron chi connectivity index (χ1n) is 8.83. The molecule has 5 heteroatoms. The number of pyridine rings is 1. The number of hydrogen-bond donors (Lipinski definition) is 3. The van der Waals surface area contributed by atoms with Crippen LogP contribution in [0.3, 0.4) is 0 Å². The fourth-order valence-electron chi connectivity index (χ4n) is 3.37. The van der Waals surface area contributed by atoms with E-state index >= 15 is 0 Å². The molecule has 3 N–H and O–H groups in total. The summed E-state index contributed by atoms with van der Waals surface area (Å²) in [7, 11) is 0. The molecule has 0 bridgehead atoms. The van der Waals surface area contributed by atoms with E-state index < -0.39 is 0 Å². The summed E-state index contributed by atoms with van der Waals surface area (Å²) in [6.07, 6.45) is 3.49. The Hall–Kier alpha value is -2.56. The maximum absolute atomic E-state index is 12.4. The molecule has 1 saturated carbocycles. The molecule has 0 unspecified atom stereocenters. The molecule has 132 valence electrons. The Labute approximate surface area is 147 Å². The van der Waals surface area contributed by atoms with Crippen LogP contribution in [-0.2, 0) is 6.54 Å². The highest BCUT2D eigenvalue weighted by Gasteiger charge is 2.29. The predicted molar refractivity (Wildman–Crippen MR) is 98.4 cm³/mol. The third kappa shape index (κ3) is 4.10. The van der Waals surface area contributed by atoms with E-state index in [1.165, 1.54) is 6.42 Å². The van der Waals surface area contributed by atoms with E-state index in [2.05, 4.69) is 27.8 Å². The average Bonchev–Trinajstić information content (AvgIpc) is 2.52. The summed E-state index contributed by atoms with van der Waals surface area (Å²) in [5.41, 5.74) is 3.30. The molecule has 1 aliphatic rings. The van der Waals surface area contributed by atoms with Crippen molar-refractivity contribution in [1.82, 2.24) is 15.6 Å². The van der Waals surface area contributed by atoms with Crippen LogP contribution in [0.2, 0.25) is 0 Å². The van der Waals surface area contributed by atoms with Crippen LogP contribution in [0, 0.1) is 19.8 Å².